The van der Waals surface area contributed by atoms with Crippen molar-refractivity contribution in [1.82, 2.24) is 9.80 Å². The van der Waals surface area contributed by atoms with Gasteiger partial charge in [-0.2, -0.15) is 0 Å². The quantitative estimate of drug-likeness (QED) is 0.786. The number of nitrogens with zero attached hydrogens (tertiary/aromatic N) is 2. The maximum Gasteiger partial charge on any atom is 0.0598 e. The van der Waals surface area contributed by atoms with Crippen LogP contribution in [0.5, 0.6) is 0 Å². The lowest BCUT2D eigenvalue weighted by Gasteiger charge is -2.44. The van der Waals surface area contributed by atoms with Crippen LogP contribution in [0.4, 0.5) is 0 Å². The summed E-state index contributed by atoms with van der Waals surface area (Å²) in [4.78, 5) is 5.39. The first-order valence-corrected chi connectivity index (χ1v) is 9.28. The minimum Gasteiger partial charge on any atom is -0.376 e. The molecule has 0 spiro atoms. The van der Waals surface area contributed by atoms with Crippen LogP contribution in [0.15, 0.2) is 0 Å². The van der Waals surface area contributed by atoms with Crippen molar-refractivity contribution in [3.05, 3.63) is 0 Å². The second kappa shape index (κ2) is 7.19. The van der Waals surface area contributed by atoms with Crippen molar-refractivity contribution >= 4 is 0 Å². The molecule has 0 aromatic rings. The van der Waals surface area contributed by atoms with Crippen LogP contribution in [-0.2, 0) is 4.74 Å². The fraction of sp³-hybridized carbons (Fsp3) is 1.00. The molecule has 22 heavy (non-hydrogen) atoms. The molecule has 3 heteroatoms. The second-order valence-electron chi connectivity index (χ2n) is 9.28. The van der Waals surface area contributed by atoms with E-state index in [9.17, 15) is 0 Å². The third-order valence-electron chi connectivity index (χ3n) is 5.35. The predicted octanol–water partition coefficient (Wildman–Crippen LogP) is 3.78. The Bertz CT molecular complexity index is 334. The van der Waals surface area contributed by atoms with E-state index in [2.05, 4.69) is 51.3 Å². The van der Waals surface area contributed by atoms with Gasteiger partial charge >= 0.3 is 0 Å². The minimum absolute atomic E-state index is 0.0152. The summed E-state index contributed by atoms with van der Waals surface area (Å²) in [6.07, 6.45) is 5.44. The fourth-order valence-corrected chi connectivity index (χ4v) is 3.93. The normalized spacial score (nSPS) is 29.2. The zero-order valence-electron chi connectivity index (χ0n) is 15.8. The highest BCUT2D eigenvalue weighted by Gasteiger charge is 2.33. The second-order valence-corrected chi connectivity index (χ2v) is 9.28. The molecule has 1 heterocycles. The Hall–Kier alpha value is -0.120. The molecule has 0 bridgehead atoms. The molecule has 2 rings (SSSR count). The Morgan fingerprint density at radius 2 is 1.55 bits per heavy atom. The summed E-state index contributed by atoms with van der Waals surface area (Å²) in [6.45, 7) is 19.4. The van der Waals surface area contributed by atoms with E-state index in [1.165, 1.54) is 51.9 Å². The zero-order chi connectivity index (χ0) is 16.4. The van der Waals surface area contributed by atoms with Crippen LogP contribution >= 0.6 is 0 Å². The van der Waals surface area contributed by atoms with Crippen molar-refractivity contribution in [2.24, 2.45) is 5.92 Å². The SMILES string of the molecule is CC(C)(C)OCCC1CCC(N2CCN(C(C)(C)C)CC2)C1. The third-order valence-corrected chi connectivity index (χ3v) is 5.35. The van der Waals surface area contributed by atoms with Gasteiger partial charge in [0.05, 0.1) is 5.60 Å². The van der Waals surface area contributed by atoms with E-state index >= 15 is 0 Å². The van der Waals surface area contributed by atoms with Crippen LogP contribution in [-0.4, -0.2) is 59.8 Å². The van der Waals surface area contributed by atoms with Crippen molar-refractivity contribution < 1.29 is 4.74 Å². The number of hydrogen-bond donors (Lipinski definition) is 0. The van der Waals surface area contributed by atoms with Gasteiger partial charge in [0, 0.05) is 44.4 Å². The summed E-state index contributed by atoms with van der Waals surface area (Å²) in [5.74, 6) is 0.882. The molecule has 2 fully saturated rings. The molecule has 0 radical (unpaired) electrons. The molecular weight excluding hydrogens is 272 g/mol. The molecule has 0 aromatic heterocycles. The summed E-state index contributed by atoms with van der Waals surface area (Å²) < 4.78 is 5.90. The van der Waals surface area contributed by atoms with E-state index in [1.54, 1.807) is 0 Å². The van der Waals surface area contributed by atoms with E-state index in [-0.39, 0.29) is 5.60 Å². The van der Waals surface area contributed by atoms with Crippen molar-refractivity contribution in [2.75, 3.05) is 32.8 Å². The van der Waals surface area contributed by atoms with Gasteiger partial charge in [-0.25, -0.2) is 0 Å². The smallest absolute Gasteiger partial charge is 0.0598 e. The van der Waals surface area contributed by atoms with E-state index in [1.807, 2.05) is 0 Å². The monoisotopic (exact) mass is 310 g/mol. The Labute approximate surface area is 138 Å². The van der Waals surface area contributed by atoms with E-state index in [0.717, 1.165) is 18.6 Å². The summed E-state index contributed by atoms with van der Waals surface area (Å²) in [7, 11) is 0. The Kier molecular flexibility index (Phi) is 5.95. The van der Waals surface area contributed by atoms with Gasteiger partial charge in [0.15, 0.2) is 0 Å². The first kappa shape index (κ1) is 18.2. The largest absolute Gasteiger partial charge is 0.376 e. The Balaban J connectivity index is 1.69. The third kappa shape index (κ3) is 5.50. The van der Waals surface area contributed by atoms with E-state index < -0.39 is 0 Å². The van der Waals surface area contributed by atoms with Gasteiger partial charge in [0.1, 0.15) is 0 Å². The lowest BCUT2D eigenvalue weighted by molar-refractivity contribution is -0.00961. The van der Waals surface area contributed by atoms with Crippen LogP contribution < -0.4 is 0 Å². The average Bonchev–Trinajstić information content (AvgIpc) is 2.85. The first-order chi connectivity index (χ1) is 10.1. The van der Waals surface area contributed by atoms with Crippen LogP contribution in [0.1, 0.15) is 67.2 Å². The van der Waals surface area contributed by atoms with Crippen LogP contribution in [0, 0.1) is 5.92 Å². The Morgan fingerprint density at radius 1 is 0.909 bits per heavy atom. The van der Waals surface area contributed by atoms with Gasteiger partial charge in [0.25, 0.3) is 0 Å². The van der Waals surface area contributed by atoms with Gasteiger partial charge in [-0.3, -0.25) is 9.80 Å². The topological polar surface area (TPSA) is 15.7 Å². The molecule has 0 N–H and O–H groups in total. The molecule has 0 aromatic carbocycles. The van der Waals surface area contributed by atoms with Crippen LogP contribution in [0.3, 0.4) is 0 Å². The highest BCUT2D eigenvalue weighted by atomic mass is 16.5. The number of hydrogen-bond acceptors (Lipinski definition) is 3. The molecule has 2 atom stereocenters. The summed E-state index contributed by atoms with van der Waals surface area (Å²) in [6, 6.07) is 0.835. The molecule has 1 aliphatic heterocycles. The van der Waals surface area contributed by atoms with Crippen LogP contribution in [0.2, 0.25) is 0 Å². The van der Waals surface area contributed by atoms with Gasteiger partial charge in [-0.05, 0) is 73.1 Å². The number of rotatable bonds is 4. The number of piperazine rings is 1. The molecule has 1 saturated carbocycles. The summed E-state index contributed by atoms with van der Waals surface area (Å²) >= 11 is 0. The minimum atomic E-state index is 0.0152. The maximum absolute atomic E-state index is 5.90. The maximum atomic E-state index is 5.90. The molecule has 130 valence electrons. The molecule has 0 amide bonds. The van der Waals surface area contributed by atoms with Crippen molar-refractivity contribution in [3.63, 3.8) is 0 Å². The molecular formula is C19H38N2O. The van der Waals surface area contributed by atoms with Crippen molar-refractivity contribution in [2.45, 2.75) is 84.4 Å². The van der Waals surface area contributed by atoms with Gasteiger partial charge in [0.2, 0.25) is 0 Å². The lowest BCUT2D eigenvalue weighted by Crippen LogP contribution is -2.55. The molecule has 3 nitrogen and oxygen atoms in total. The fourth-order valence-electron chi connectivity index (χ4n) is 3.93. The van der Waals surface area contributed by atoms with E-state index in [0.29, 0.717) is 5.54 Å². The lowest BCUT2D eigenvalue weighted by atomic mass is 10.0. The average molecular weight is 311 g/mol. The van der Waals surface area contributed by atoms with Crippen molar-refractivity contribution in [3.8, 4) is 0 Å². The zero-order valence-corrected chi connectivity index (χ0v) is 15.8. The standard InChI is InChI=1S/C19H38N2O/c1-18(2,3)21-12-10-20(11-13-21)17-8-7-16(15-17)9-14-22-19(4,5)6/h16-17H,7-15H2,1-6H3. The first-order valence-electron chi connectivity index (χ1n) is 9.28. The molecule has 1 aliphatic carbocycles. The highest BCUT2D eigenvalue weighted by molar-refractivity contribution is 4.88. The van der Waals surface area contributed by atoms with Gasteiger partial charge in [-0.15, -0.1) is 0 Å². The molecule has 2 unspecified atom stereocenters. The number of ether oxygens (including phenoxy) is 1. The van der Waals surface area contributed by atoms with Crippen molar-refractivity contribution in [1.29, 1.82) is 0 Å². The molecule has 2 aliphatic rings. The van der Waals surface area contributed by atoms with E-state index in [4.69, 9.17) is 4.74 Å². The van der Waals surface area contributed by atoms with Crippen LogP contribution in [0.25, 0.3) is 0 Å². The molecule has 1 saturated heterocycles. The highest BCUT2D eigenvalue weighted by Crippen LogP contribution is 2.33. The summed E-state index contributed by atoms with van der Waals surface area (Å²) in [5, 5.41) is 0. The predicted molar refractivity (Wildman–Crippen MR) is 94.4 cm³/mol. The summed E-state index contributed by atoms with van der Waals surface area (Å²) in [5.41, 5.74) is 0.343. The Morgan fingerprint density at radius 3 is 2.09 bits per heavy atom. The van der Waals surface area contributed by atoms with Gasteiger partial charge < -0.3 is 4.74 Å². The van der Waals surface area contributed by atoms with Gasteiger partial charge in [-0.1, -0.05) is 0 Å².